The lowest BCUT2D eigenvalue weighted by molar-refractivity contribution is 0.0887. The van der Waals surface area contributed by atoms with Gasteiger partial charge in [0, 0.05) is 18.2 Å². The number of hydrogen-bond donors (Lipinski definition) is 2. The van der Waals surface area contributed by atoms with Crippen LogP contribution in [-0.4, -0.2) is 35.6 Å². The topological polar surface area (TPSA) is 62.2 Å². The van der Waals surface area contributed by atoms with Crippen LogP contribution in [0.25, 0.3) is 0 Å². The molecule has 1 aromatic rings. The van der Waals surface area contributed by atoms with E-state index in [-0.39, 0.29) is 12.3 Å². The fourth-order valence-corrected chi connectivity index (χ4v) is 1.08. The summed E-state index contributed by atoms with van der Waals surface area (Å²) in [6.07, 6.45) is -0.851. The summed E-state index contributed by atoms with van der Waals surface area (Å²) in [7, 11) is 0. The first-order chi connectivity index (χ1) is 8.63. The highest BCUT2D eigenvalue weighted by Crippen LogP contribution is 1.99. The maximum absolute atomic E-state index is 11.9. The first kappa shape index (κ1) is 14.1. The Hall–Kier alpha value is -2.00. The first-order valence-corrected chi connectivity index (χ1v) is 5.25. The molecular formula is C12H12F2N2O2. The van der Waals surface area contributed by atoms with Gasteiger partial charge < -0.3 is 10.4 Å². The largest absolute Gasteiger partial charge is 0.395 e. The van der Waals surface area contributed by atoms with Crippen LogP contribution in [0.3, 0.4) is 0 Å². The van der Waals surface area contributed by atoms with Crippen molar-refractivity contribution in [1.82, 2.24) is 10.3 Å². The monoisotopic (exact) mass is 254 g/mol. The Morgan fingerprint density at radius 2 is 2.28 bits per heavy atom. The lowest BCUT2D eigenvalue weighted by atomic mass is 10.2. The first-order valence-electron chi connectivity index (χ1n) is 5.25. The van der Waals surface area contributed by atoms with E-state index in [0.29, 0.717) is 12.0 Å². The fourth-order valence-electron chi connectivity index (χ4n) is 1.08. The lowest BCUT2D eigenvalue weighted by Gasteiger charge is -2.03. The predicted molar refractivity (Wildman–Crippen MR) is 61.2 cm³/mol. The van der Waals surface area contributed by atoms with Gasteiger partial charge >= 0.3 is 0 Å². The SMILES string of the molecule is O=C(NCC(F)F)c1ccc(C#CCCO)cn1. The summed E-state index contributed by atoms with van der Waals surface area (Å²) in [4.78, 5) is 15.2. The molecule has 0 aliphatic carbocycles. The summed E-state index contributed by atoms with van der Waals surface area (Å²) >= 11 is 0. The number of nitrogens with zero attached hydrogens (tertiary/aromatic N) is 1. The highest BCUT2D eigenvalue weighted by atomic mass is 19.3. The van der Waals surface area contributed by atoms with Crippen LogP contribution < -0.4 is 5.32 Å². The van der Waals surface area contributed by atoms with Crippen LogP contribution >= 0.6 is 0 Å². The molecule has 0 aliphatic heterocycles. The molecule has 96 valence electrons. The molecule has 6 heteroatoms. The van der Waals surface area contributed by atoms with Crippen LogP contribution in [0.4, 0.5) is 8.78 Å². The summed E-state index contributed by atoms with van der Waals surface area (Å²) in [5, 5.41) is 10.6. The third-order valence-electron chi connectivity index (χ3n) is 1.88. The maximum atomic E-state index is 11.9. The second kappa shape index (κ2) is 7.35. The van der Waals surface area contributed by atoms with Gasteiger partial charge in [-0.1, -0.05) is 11.8 Å². The summed E-state index contributed by atoms with van der Waals surface area (Å²) in [5.41, 5.74) is 0.650. The average molecular weight is 254 g/mol. The third-order valence-corrected chi connectivity index (χ3v) is 1.88. The van der Waals surface area contributed by atoms with Crippen molar-refractivity contribution in [2.24, 2.45) is 0 Å². The van der Waals surface area contributed by atoms with Crippen LogP contribution in [0.15, 0.2) is 18.3 Å². The van der Waals surface area contributed by atoms with E-state index in [0.717, 1.165) is 0 Å². The summed E-state index contributed by atoms with van der Waals surface area (Å²) in [5.74, 6) is 4.79. The van der Waals surface area contributed by atoms with Gasteiger partial charge in [0.05, 0.1) is 13.2 Å². The van der Waals surface area contributed by atoms with Crippen molar-refractivity contribution in [3.8, 4) is 11.8 Å². The number of alkyl halides is 2. The fraction of sp³-hybridized carbons (Fsp3) is 0.333. The molecule has 0 aromatic carbocycles. The zero-order chi connectivity index (χ0) is 13.4. The quantitative estimate of drug-likeness (QED) is 0.782. The van der Waals surface area contributed by atoms with Crippen LogP contribution in [0.2, 0.25) is 0 Å². The zero-order valence-corrected chi connectivity index (χ0v) is 9.49. The van der Waals surface area contributed by atoms with E-state index in [1.54, 1.807) is 6.07 Å². The molecule has 0 spiro atoms. The van der Waals surface area contributed by atoms with Gasteiger partial charge in [-0.05, 0) is 12.1 Å². The molecule has 18 heavy (non-hydrogen) atoms. The summed E-state index contributed by atoms with van der Waals surface area (Å²) < 4.78 is 23.7. The molecule has 1 heterocycles. The molecule has 4 nitrogen and oxygen atoms in total. The minimum absolute atomic E-state index is 0.0193. The minimum atomic E-state index is -2.59. The summed E-state index contributed by atoms with van der Waals surface area (Å²) in [6.45, 7) is -0.715. The van der Waals surface area contributed by atoms with Crippen LogP contribution in [-0.2, 0) is 0 Å². The Morgan fingerprint density at radius 1 is 1.50 bits per heavy atom. The van der Waals surface area contributed by atoms with Gasteiger partial charge in [-0.2, -0.15) is 0 Å². The Morgan fingerprint density at radius 3 is 2.83 bits per heavy atom. The number of halogens is 2. The number of aliphatic hydroxyl groups is 1. The van der Waals surface area contributed by atoms with Crippen molar-refractivity contribution in [1.29, 1.82) is 0 Å². The Balaban J connectivity index is 2.60. The van der Waals surface area contributed by atoms with Crippen molar-refractivity contribution in [3.63, 3.8) is 0 Å². The van der Waals surface area contributed by atoms with E-state index < -0.39 is 18.9 Å². The number of carbonyl (C=O) groups is 1. The van der Waals surface area contributed by atoms with E-state index in [1.807, 2.05) is 5.32 Å². The van der Waals surface area contributed by atoms with Crippen LogP contribution in [0.1, 0.15) is 22.5 Å². The van der Waals surface area contributed by atoms with Gasteiger partial charge in [0.2, 0.25) is 0 Å². The molecule has 1 amide bonds. The van der Waals surface area contributed by atoms with E-state index in [4.69, 9.17) is 5.11 Å². The standard InChI is InChI=1S/C12H12F2N2O2/c13-11(14)8-16-12(18)10-5-4-9(7-15-10)3-1-2-6-17/h4-5,7,11,17H,2,6,8H2,(H,16,18). The number of pyridine rings is 1. The highest BCUT2D eigenvalue weighted by Gasteiger charge is 2.09. The molecule has 0 aliphatic rings. The van der Waals surface area contributed by atoms with Crippen LogP contribution in [0.5, 0.6) is 0 Å². The molecule has 0 saturated carbocycles. The maximum Gasteiger partial charge on any atom is 0.270 e. The molecule has 0 atom stereocenters. The van der Waals surface area contributed by atoms with Gasteiger partial charge in [-0.25, -0.2) is 13.8 Å². The molecule has 0 bridgehead atoms. The number of hydrogen-bond acceptors (Lipinski definition) is 3. The van der Waals surface area contributed by atoms with Gasteiger partial charge in [0.15, 0.2) is 0 Å². The molecule has 2 N–H and O–H groups in total. The average Bonchev–Trinajstić information content (AvgIpc) is 2.37. The molecule has 0 fully saturated rings. The zero-order valence-electron chi connectivity index (χ0n) is 9.49. The Labute approximate surface area is 103 Å². The van der Waals surface area contributed by atoms with Gasteiger partial charge in [-0.15, -0.1) is 0 Å². The number of aliphatic hydroxyl groups excluding tert-OH is 1. The number of rotatable bonds is 4. The second-order valence-electron chi connectivity index (χ2n) is 3.31. The Kier molecular flexibility index (Phi) is 5.74. The second-order valence-corrected chi connectivity index (χ2v) is 3.31. The van der Waals surface area contributed by atoms with Crippen LogP contribution in [0, 0.1) is 11.8 Å². The molecule has 0 saturated heterocycles. The van der Waals surface area contributed by atoms with E-state index in [2.05, 4.69) is 16.8 Å². The predicted octanol–water partition coefficient (Wildman–Crippen LogP) is 0.810. The van der Waals surface area contributed by atoms with E-state index >= 15 is 0 Å². The van der Waals surface area contributed by atoms with Crippen molar-refractivity contribution in [3.05, 3.63) is 29.6 Å². The summed E-state index contributed by atoms with van der Waals surface area (Å²) in [6, 6.07) is 2.97. The van der Waals surface area contributed by atoms with Gasteiger partial charge in [0.1, 0.15) is 5.69 Å². The van der Waals surface area contributed by atoms with Crippen molar-refractivity contribution in [2.45, 2.75) is 12.8 Å². The molecule has 1 rings (SSSR count). The normalized spacial score (nSPS) is 9.78. The van der Waals surface area contributed by atoms with Gasteiger partial charge in [-0.3, -0.25) is 4.79 Å². The smallest absolute Gasteiger partial charge is 0.270 e. The third kappa shape index (κ3) is 4.89. The number of aromatic nitrogens is 1. The molecular weight excluding hydrogens is 242 g/mol. The van der Waals surface area contributed by atoms with E-state index in [1.165, 1.54) is 12.3 Å². The van der Waals surface area contributed by atoms with E-state index in [9.17, 15) is 13.6 Å². The molecule has 1 aromatic heterocycles. The number of amides is 1. The van der Waals surface area contributed by atoms with Crippen molar-refractivity contribution >= 4 is 5.91 Å². The van der Waals surface area contributed by atoms with Gasteiger partial charge in [0.25, 0.3) is 12.3 Å². The molecule has 0 radical (unpaired) electrons. The highest BCUT2D eigenvalue weighted by molar-refractivity contribution is 5.92. The molecule has 0 unspecified atom stereocenters. The number of nitrogens with one attached hydrogen (secondary N) is 1. The minimum Gasteiger partial charge on any atom is -0.395 e. The Bertz CT molecular complexity index is 449. The van der Waals surface area contributed by atoms with Crippen molar-refractivity contribution in [2.75, 3.05) is 13.2 Å². The lowest BCUT2D eigenvalue weighted by Crippen LogP contribution is -2.29. The van der Waals surface area contributed by atoms with Crippen molar-refractivity contribution < 1.29 is 18.7 Å². The number of carbonyl (C=O) groups excluding carboxylic acids is 1.